The number of ether oxygens (including phenoxy) is 2. The molecule has 1 aliphatic heterocycles. The lowest BCUT2D eigenvalue weighted by atomic mass is 9.54. The van der Waals surface area contributed by atoms with Gasteiger partial charge in [-0.3, -0.25) is 9.59 Å². The minimum atomic E-state index is -1.30. The van der Waals surface area contributed by atoms with Crippen LogP contribution in [-0.4, -0.2) is 18.7 Å². The molecule has 5 aliphatic rings. The van der Waals surface area contributed by atoms with Gasteiger partial charge in [-0.15, -0.1) is 0 Å². The first-order chi connectivity index (χ1) is 17.6. The fourth-order valence-electron chi connectivity index (χ4n) is 7.99. The average molecular weight is 473 g/mol. The van der Waals surface area contributed by atoms with Crippen molar-refractivity contribution < 1.29 is 19.1 Å². The Morgan fingerprint density at radius 3 is 2.36 bits per heavy atom. The molecule has 4 bridgehead atoms. The van der Waals surface area contributed by atoms with Crippen LogP contribution in [0.4, 0.5) is 0 Å². The van der Waals surface area contributed by atoms with Gasteiger partial charge in [-0.1, -0.05) is 78.9 Å². The number of rotatable bonds is 1. The Labute approximate surface area is 208 Å². The van der Waals surface area contributed by atoms with Crippen LogP contribution >= 0.6 is 0 Å². The van der Waals surface area contributed by atoms with Gasteiger partial charge in [0.2, 0.25) is 5.60 Å². The molecule has 1 heterocycles. The van der Waals surface area contributed by atoms with E-state index in [-0.39, 0.29) is 18.0 Å². The van der Waals surface area contributed by atoms with Gasteiger partial charge >= 0.3 is 0 Å². The van der Waals surface area contributed by atoms with Crippen LogP contribution in [0.2, 0.25) is 0 Å². The van der Waals surface area contributed by atoms with Crippen molar-refractivity contribution in [3.63, 3.8) is 0 Å². The van der Waals surface area contributed by atoms with Crippen LogP contribution in [0.15, 0.2) is 84.9 Å². The maximum Gasteiger partial charge on any atom is 0.203 e. The summed E-state index contributed by atoms with van der Waals surface area (Å²) in [5.41, 5.74) is 2.74. The number of hydrogen-bond donors (Lipinski definition) is 0. The summed E-state index contributed by atoms with van der Waals surface area (Å²) in [7, 11) is 1.64. The van der Waals surface area contributed by atoms with E-state index in [1.165, 1.54) is 0 Å². The molecule has 1 saturated carbocycles. The van der Waals surface area contributed by atoms with E-state index in [1.54, 1.807) is 7.11 Å². The van der Waals surface area contributed by atoms with Gasteiger partial charge < -0.3 is 9.47 Å². The van der Waals surface area contributed by atoms with Gasteiger partial charge in [0.1, 0.15) is 11.5 Å². The normalized spacial score (nSPS) is 31.1. The Morgan fingerprint density at radius 1 is 0.806 bits per heavy atom. The maximum absolute atomic E-state index is 14.9. The second kappa shape index (κ2) is 6.71. The predicted molar refractivity (Wildman–Crippen MR) is 135 cm³/mol. The zero-order chi connectivity index (χ0) is 24.2. The lowest BCUT2D eigenvalue weighted by molar-refractivity contribution is -0.156. The summed E-state index contributed by atoms with van der Waals surface area (Å²) in [6.45, 7) is 0. The molecule has 0 unspecified atom stereocenters. The smallest absolute Gasteiger partial charge is 0.203 e. The highest BCUT2D eigenvalue weighted by molar-refractivity contribution is 6.07. The quantitative estimate of drug-likeness (QED) is 0.364. The largest absolute Gasteiger partial charge is 0.473 e. The molecule has 176 valence electrons. The summed E-state index contributed by atoms with van der Waals surface area (Å²) in [6.07, 6.45) is 0.324. The van der Waals surface area contributed by atoms with Crippen LogP contribution in [0, 0.1) is 5.92 Å². The Morgan fingerprint density at radius 2 is 1.53 bits per heavy atom. The first kappa shape index (κ1) is 20.4. The summed E-state index contributed by atoms with van der Waals surface area (Å²) in [4.78, 5) is 29.0. The van der Waals surface area contributed by atoms with Gasteiger partial charge in [0.05, 0.1) is 23.4 Å². The van der Waals surface area contributed by atoms with Crippen molar-refractivity contribution in [3.8, 4) is 5.75 Å². The molecular weight excluding hydrogens is 448 g/mol. The Balaban J connectivity index is 1.56. The number of Topliss-reactive ketones (excluding diaryl/α,β-unsaturated/α-hetero) is 2. The van der Waals surface area contributed by atoms with E-state index in [4.69, 9.17) is 9.47 Å². The van der Waals surface area contributed by atoms with Gasteiger partial charge in [-0.25, -0.2) is 0 Å². The number of carbonyl (C=O) groups excluding carboxylic acids is 2. The molecule has 0 saturated heterocycles. The summed E-state index contributed by atoms with van der Waals surface area (Å²) in [5, 5.41) is 2.24. The summed E-state index contributed by atoms with van der Waals surface area (Å²) >= 11 is 0. The van der Waals surface area contributed by atoms with Crippen LogP contribution < -0.4 is 4.74 Å². The Bertz CT molecular complexity index is 1640. The van der Waals surface area contributed by atoms with Crippen LogP contribution in [0.1, 0.15) is 46.3 Å². The molecule has 5 atom stereocenters. The van der Waals surface area contributed by atoms with Crippen molar-refractivity contribution in [2.45, 2.75) is 35.9 Å². The molecule has 4 heteroatoms. The molecule has 1 fully saturated rings. The molecule has 4 nitrogen and oxygen atoms in total. The minimum absolute atomic E-state index is 0.0288. The molecule has 0 N–H and O–H groups in total. The number of methoxy groups -OCH3 is 1. The monoisotopic (exact) mass is 472 g/mol. The van der Waals surface area contributed by atoms with E-state index in [0.717, 1.165) is 44.3 Å². The molecule has 36 heavy (non-hydrogen) atoms. The molecule has 4 aliphatic carbocycles. The highest BCUT2D eigenvalue weighted by atomic mass is 16.5. The van der Waals surface area contributed by atoms with E-state index >= 15 is 0 Å². The van der Waals surface area contributed by atoms with Gasteiger partial charge in [-0.2, -0.15) is 0 Å². The van der Waals surface area contributed by atoms with Crippen LogP contribution in [-0.2, 0) is 31.8 Å². The third-order valence-electron chi connectivity index (χ3n) is 9.28. The van der Waals surface area contributed by atoms with Gasteiger partial charge in [-0.05, 0) is 39.9 Å². The van der Waals surface area contributed by atoms with E-state index in [0.29, 0.717) is 6.42 Å². The number of ketones is 2. The third-order valence-corrected chi connectivity index (χ3v) is 9.28. The Kier molecular flexibility index (Phi) is 3.81. The van der Waals surface area contributed by atoms with E-state index in [9.17, 15) is 9.59 Å². The Hall–Kier alpha value is -3.76. The van der Waals surface area contributed by atoms with Crippen molar-refractivity contribution in [2.75, 3.05) is 7.11 Å². The summed E-state index contributed by atoms with van der Waals surface area (Å²) in [5.74, 6) is -0.365. The lowest BCUT2D eigenvalue weighted by Gasteiger charge is -2.55. The fourth-order valence-corrected chi connectivity index (χ4v) is 7.99. The lowest BCUT2D eigenvalue weighted by Crippen LogP contribution is -2.64. The second-order valence-electron chi connectivity index (χ2n) is 10.6. The van der Waals surface area contributed by atoms with Crippen molar-refractivity contribution in [2.24, 2.45) is 5.92 Å². The first-order valence-electron chi connectivity index (χ1n) is 12.6. The second-order valence-corrected chi connectivity index (χ2v) is 10.6. The van der Waals surface area contributed by atoms with Gasteiger partial charge in [0, 0.05) is 24.7 Å². The SMILES string of the molecule is CO[C@H]1c2ccccc2[C@]23Oc4ccc5ccccc5c4C[C@]24CC(=O)[C@@H](c2ccccc24)[C@H]1C3=O. The van der Waals surface area contributed by atoms with Crippen molar-refractivity contribution >= 4 is 22.3 Å². The van der Waals surface area contributed by atoms with Crippen LogP contribution in [0.3, 0.4) is 0 Å². The molecular formula is C32H24O4. The molecule has 9 rings (SSSR count). The molecule has 0 aromatic heterocycles. The van der Waals surface area contributed by atoms with Gasteiger partial charge in [0.15, 0.2) is 5.78 Å². The predicted octanol–water partition coefficient (Wildman–Crippen LogP) is 5.56. The highest BCUT2D eigenvalue weighted by Crippen LogP contribution is 2.67. The summed E-state index contributed by atoms with van der Waals surface area (Å²) in [6, 6.07) is 28.5. The molecule has 2 spiro atoms. The first-order valence-corrected chi connectivity index (χ1v) is 12.6. The van der Waals surface area contributed by atoms with Crippen LogP contribution in [0.5, 0.6) is 5.75 Å². The molecule has 0 amide bonds. The summed E-state index contributed by atoms with van der Waals surface area (Å²) < 4.78 is 13.1. The molecule has 4 aromatic carbocycles. The maximum atomic E-state index is 14.9. The minimum Gasteiger partial charge on any atom is -0.473 e. The zero-order valence-electron chi connectivity index (χ0n) is 19.9. The van der Waals surface area contributed by atoms with Crippen molar-refractivity contribution in [1.29, 1.82) is 0 Å². The average Bonchev–Trinajstić information content (AvgIpc) is 3.00. The zero-order valence-corrected chi connectivity index (χ0v) is 19.9. The van der Waals surface area contributed by atoms with E-state index in [2.05, 4.69) is 24.3 Å². The topological polar surface area (TPSA) is 52.6 Å². The molecule has 0 radical (unpaired) electrons. The van der Waals surface area contributed by atoms with Crippen LogP contribution in [0.25, 0.3) is 10.8 Å². The third kappa shape index (κ3) is 2.13. The van der Waals surface area contributed by atoms with Crippen molar-refractivity contribution in [1.82, 2.24) is 0 Å². The molecule has 4 aromatic rings. The number of fused-ring (bicyclic) bond motifs is 5. The van der Waals surface area contributed by atoms with Crippen molar-refractivity contribution in [3.05, 3.63) is 113 Å². The van der Waals surface area contributed by atoms with E-state index in [1.807, 2.05) is 60.7 Å². The fraction of sp³-hybridized carbons (Fsp3) is 0.250. The standard InChI is InChI=1S/C32H24O4/c1-35-29-21-11-5-7-13-24(21)32-30(34)28(29)27-20-10-4-6-12-23(20)31(32,17-25(27)33)16-22-19-9-3-2-8-18(19)14-15-26(22)36-32/h2-15,27-29H,16-17H2,1H3/t27-,28-,29+,31-,32-/m1/s1. The number of hydrogen-bond acceptors (Lipinski definition) is 4. The number of benzene rings is 4. The van der Waals surface area contributed by atoms with E-state index < -0.39 is 29.0 Å². The number of carbonyl (C=O) groups is 2. The van der Waals surface area contributed by atoms with Gasteiger partial charge in [0.25, 0.3) is 0 Å². The highest BCUT2D eigenvalue weighted by Gasteiger charge is 2.74.